The molecule has 0 spiro atoms. The number of nitrogens with two attached hydrogens (primary N) is 1. The van der Waals surface area contributed by atoms with Crippen LogP contribution in [0.2, 0.25) is 0 Å². The van der Waals surface area contributed by atoms with Crippen molar-refractivity contribution in [2.45, 2.75) is 26.2 Å². The number of aryl methyl sites for hydroxylation is 1. The molecule has 17 heavy (non-hydrogen) atoms. The van der Waals surface area contributed by atoms with E-state index < -0.39 is 0 Å². The zero-order valence-corrected chi connectivity index (χ0v) is 10.4. The van der Waals surface area contributed by atoms with Crippen LogP contribution in [-0.4, -0.2) is 36.1 Å². The Morgan fingerprint density at radius 1 is 1.29 bits per heavy atom. The molecule has 0 aliphatic carbocycles. The number of anilines is 2. The Kier molecular flexibility index (Phi) is 4.14. The van der Waals surface area contributed by atoms with Crippen molar-refractivity contribution < 1.29 is 0 Å². The summed E-state index contributed by atoms with van der Waals surface area (Å²) in [4.78, 5) is 11.2. The van der Waals surface area contributed by atoms with Crippen LogP contribution in [0.5, 0.6) is 0 Å². The molecule has 3 N–H and O–H groups in total. The minimum Gasteiger partial charge on any atom is -0.369 e. The summed E-state index contributed by atoms with van der Waals surface area (Å²) in [6.07, 6.45) is 3.85. The van der Waals surface area contributed by atoms with Crippen LogP contribution in [0.1, 0.15) is 25.1 Å². The minimum atomic E-state index is 0.613. The normalized spacial score (nSPS) is 16.0. The number of aromatic nitrogens is 2. The summed E-state index contributed by atoms with van der Waals surface area (Å²) in [5.74, 6) is 2.73. The lowest BCUT2D eigenvalue weighted by Gasteiger charge is -2.28. The number of hydrogen-bond donors (Lipinski definition) is 2. The summed E-state index contributed by atoms with van der Waals surface area (Å²) < 4.78 is 0. The van der Waals surface area contributed by atoms with E-state index >= 15 is 0 Å². The molecule has 0 radical (unpaired) electrons. The second-order valence-corrected chi connectivity index (χ2v) is 4.42. The first-order chi connectivity index (χ1) is 8.29. The zero-order chi connectivity index (χ0) is 12.1. The van der Waals surface area contributed by atoms with Crippen LogP contribution in [0, 0.1) is 6.92 Å². The van der Waals surface area contributed by atoms with Gasteiger partial charge >= 0.3 is 0 Å². The van der Waals surface area contributed by atoms with Crippen molar-refractivity contribution in [1.82, 2.24) is 9.97 Å². The van der Waals surface area contributed by atoms with Crippen LogP contribution >= 0.6 is 0 Å². The highest BCUT2D eigenvalue weighted by Gasteiger charge is 2.13. The average molecular weight is 235 g/mol. The predicted molar refractivity (Wildman–Crippen MR) is 70.4 cm³/mol. The standard InChI is InChI=1S/C12H21N5/c1-10-15-11(14-6-5-13)9-12(16-10)17-7-3-2-4-8-17/h9H,2-8,13H2,1H3,(H,14,15,16). The molecule has 94 valence electrons. The SMILES string of the molecule is Cc1nc(NCCN)cc(N2CCCCC2)n1. The Morgan fingerprint density at radius 2 is 2.06 bits per heavy atom. The lowest BCUT2D eigenvalue weighted by molar-refractivity contribution is 0.572. The second-order valence-electron chi connectivity index (χ2n) is 4.42. The van der Waals surface area contributed by atoms with Crippen molar-refractivity contribution in [3.05, 3.63) is 11.9 Å². The number of rotatable bonds is 4. The van der Waals surface area contributed by atoms with E-state index in [4.69, 9.17) is 5.73 Å². The summed E-state index contributed by atoms with van der Waals surface area (Å²) >= 11 is 0. The van der Waals surface area contributed by atoms with Crippen molar-refractivity contribution in [2.75, 3.05) is 36.4 Å². The summed E-state index contributed by atoms with van der Waals surface area (Å²) in [5.41, 5.74) is 5.48. The number of nitrogens with one attached hydrogen (secondary N) is 1. The molecule has 0 atom stereocenters. The van der Waals surface area contributed by atoms with Crippen LogP contribution in [-0.2, 0) is 0 Å². The van der Waals surface area contributed by atoms with Gasteiger partial charge in [0.15, 0.2) is 0 Å². The summed E-state index contributed by atoms with van der Waals surface area (Å²) in [6.45, 7) is 5.50. The molecule has 0 aromatic carbocycles. The quantitative estimate of drug-likeness (QED) is 0.819. The van der Waals surface area contributed by atoms with E-state index in [0.29, 0.717) is 6.54 Å². The van der Waals surface area contributed by atoms with Gasteiger partial charge < -0.3 is 16.0 Å². The van der Waals surface area contributed by atoms with Gasteiger partial charge in [-0.1, -0.05) is 0 Å². The highest BCUT2D eigenvalue weighted by Crippen LogP contribution is 2.20. The summed E-state index contributed by atoms with van der Waals surface area (Å²) in [5, 5.41) is 3.21. The second kappa shape index (κ2) is 5.82. The first kappa shape index (κ1) is 12.1. The lowest BCUT2D eigenvalue weighted by Crippen LogP contribution is -2.30. The van der Waals surface area contributed by atoms with Crippen LogP contribution in [0.4, 0.5) is 11.6 Å². The van der Waals surface area contributed by atoms with E-state index in [2.05, 4.69) is 20.2 Å². The van der Waals surface area contributed by atoms with Gasteiger partial charge in [-0.3, -0.25) is 0 Å². The van der Waals surface area contributed by atoms with Gasteiger partial charge in [0, 0.05) is 32.2 Å². The maximum absolute atomic E-state index is 5.48. The van der Waals surface area contributed by atoms with E-state index in [1.54, 1.807) is 0 Å². The van der Waals surface area contributed by atoms with Crippen molar-refractivity contribution in [2.24, 2.45) is 5.73 Å². The molecule has 0 saturated carbocycles. The molecule has 0 amide bonds. The van der Waals surface area contributed by atoms with Gasteiger partial charge in [0.2, 0.25) is 0 Å². The van der Waals surface area contributed by atoms with Gasteiger partial charge in [-0.25, -0.2) is 9.97 Å². The lowest BCUT2D eigenvalue weighted by atomic mass is 10.1. The van der Waals surface area contributed by atoms with Crippen molar-refractivity contribution >= 4 is 11.6 Å². The molecule has 1 aromatic rings. The van der Waals surface area contributed by atoms with Gasteiger partial charge in [0.05, 0.1) is 0 Å². The van der Waals surface area contributed by atoms with E-state index in [9.17, 15) is 0 Å². The van der Waals surface area contributed by atoms with Gasteiger partial charge in [-0.05, 0) is 26.2 Å². The Labute approximate surface area is 102 Å². The van der Waals surface area contributed by atoms with Crippen molar-refractivity contribution in [3.8, 4) is 0 Å². The van der Waals surface area contributed by atoms with E-state index in [1.807, 2.05) is 13.0 Å². The van der Waals surface area contributed by atoms with Crippen LogP contribution in [0.25, 0.3) is 0 Å². The highest BCUT2D eigenvalue weighted by molar-refractivity contribution is 5.49. The third-order valence-electron chi connectivity index (χ3n) is 2.95. The molecule has 5 heteroatoms. The fraction of sp³-hybridized carbons (Fsp3) is 0.667. The fourth-order valence-electron chi connectivity index (χ4n) is 2.13. The Morgan fingerprint density at radius 3 is 2.76 bits per heavy atom. The average Bonchev–Trinajstić information content (AvgIpc) is 2.37. The zero-order valence-electron chi connectivity index (χ0n) is 10.4. The topological polar surface area (TPSA) is 67.1 Å². The van der Waals surface area contributed by atoms with Crippen molar-refractivity contribution in [1.29, 1.82) is 0 Å². The molecular weight excluding hydrogens is 214 g/mol. The van der Waals surface area contributed by atoms with Crippen LogP contribution in [0.3, 0.4) is 0 Å². The highest BCUT2D eigenvalue weighted by atomic mass is 15.2. The summed E-state index contributed by atoms with van der Waals surface area (Å²) in [6, 6.07) is 2.02. The smallest absolute Gasteiger partial charge is 0.134 e. The molecule has 0 bridgehead atoms. The first-order valence-electron chi connectivity index (χ1n) is 6.34. The molecule has 1 aliphatic heterocycles. The minimum absolute atomic E-state index is 0.613. The monoisotopic (exact) mass is 235 g/mol. The van der Waals surface area contributed by atoms with Crippen LogP contribution < -0.4 is 16.0 Å². The number of nitrogens with zero attached hydrogens (tertiary/aromatic N) is 3. The molecule has 2 rings (SSSR count). The largest absolute Gasteiger partial charge is 0.369 e. The Bertz CT molecular complexity index is 360. The fourth-order valence-corrected chi connectivity index (χ4v) is 2.13. The molecule has 0 unspecified atom stereocenters. The number of hydrogen-bond acceptors (Lipinski definition) is 5. The third kappa shape index (κ3) is 3.30. The maximum atomic E-state index is 5.48. The van der Waals surface area contributed by atoms with E-state index in [1.165, 1.54) is 19.3 Å². The van der Waals surface area contributed by atoms with Crippen molar-refractivity contribution in [3.63, 3.8) is 0 Å². The van der Waals surface area contributed by atoms with E-state index in [-0.39, 0.29) is 0 Å². The molecule has 1 saturated heterocycles. The molecule has 2 heterocycles. The summed E-state index contributed by atoms with van der Waals surface area (Å²) in [7, 11) is 0. The van der Waals surface area contributed by atoms with Gasteiger partial charge in [0.1, 0.15) is 17.5 Å². The maximum Gasteiger partial charge on any atom is 0.134 e. The first-order valence-corrected chi connectivity index (χ1v) is 6.34. The van der Waals surface area contributed by atoms with E-state index in [0.717, 1.165) is 37.1 Å². The van der Waals surface area contributed by atoms with Crippen LogP contribution in [0.15, 0.2) is 6.07 Å². The van der Waals surface area contributed by atoms with Gasteiger partial charge in [-0.2, -0.15) is 0 Å². The predicted octanol–water partition coefficient (Wildman–Crippen LogP) is 1.15. The molecule has 5 nitrogen and oxygen atoms in total. The van der Waals surface area contributed by atoms with Gasteiger partial charge in [-0.15, -0.1) is 0 Å². The molecular formula is C12H21N5. The van der Waals surface area contributed by atoms with Gasteiger partial charge in [0.25, 0.3) is 0 Å². The molecule has 1 aliphatic rings. The number of piperidine rings is 1. The molecule has 1 aromatic heterocycles. The third-order valence-corrected chi connectivity index (χ3v) is 2.95. The Balaban J connectivity index is 2.12. The molecule has 1 fully saturated rings. The Hall–Kier alpha value is -1.36.